The van der Waals surface area contributed by atoms with Crippen molar-refractivity contribution in [3.05, 3.63) is 101 Å². The van der Waals surface area contributed by atoms with Crippen molar-refractivity contribution in [2.24, 2.45) is 0 Å². The van der Waals surface area contributed by atoms with Gasteiger partial charge in [0.2, 0.25) is 6.71 Å². The maximum Gasteiger partial charge on any atom is 0.250 e. The van der Waals surface area contributed by atoms with E-state index in [2.05, 4.69) is 104 Å². The number of allylic oxidation sites excluding steroid dienone is 4. The van der Waals surface area contributed by atoms with Crippen LogP contribution in [-0.4, -0.2) is 16.2 Å². The van der Waals surface area contributed by atoms with E-state index in [0.717, 1.165) is 4.36 Å². The molecule has 0 amide bonds. The Morgan fingerprint density at radius 2 is 1.11 bits per heavy atom. The van der Waals surface area contributed by atoms with Crippen molar-refractivity contribution in [2.45, 2.75) is 84.1 Å². The van der Waals surface area contributed by atoms with Crippen LogP contribution in [0.5, 0.6) is 0 Å². The quantitative estimate of drug-likeness (QED) is 0.357. The lowest BCUT2D eigenvalue weighted by Crippen LogP contribution is -2.50. The summed E-state index contributed by atoms with van der Waals surface area (Å²) in [4.78, 5) is 1.49. The second-order valence-corrected chi connectivity index (χ2v) is 15.5. The third-order valence-electron chi connectivity index (χ3n) is 9.31. The summed E-state index contributed by atoms with van der Waals surface area (Å²) in [6, 6.07) is 9.49. The second kappa shape index (κ2) is 8.73. The number of aryl methyl sites for hydroxylation is 6. The molecule has 0 N–H and O–H groups in total. The van der Waals surface area contributed by atoms with E-state index in [1.807, 2.05) is 11.8 Å². The number of hydrogen-bond acceptors (Lipinski definition) is 2. The molecular formula is C33H36BClS2. The van der Waals surface area contributed by atoms with Crippen molar-refractivity contribution in [2.75, 3.05) is 0 Å². The third-order valence-corrected chi connectivity index (χ3v) is 12.8. The average Bonchev–Trinajstić information content (AvgIpc) is 3.47. The maximum absolute atomic E-state index is 6.77. The van der Waals surface area contributed by atoms with Gasteiger partial charge in [0.15, 0.2) is 0 Å². The van der Waals surface area contributed by atoms with Crippen LogP contribution in [0.25, 0.3) is 0 Å². The Balaban J connectivity index is 1.61. The molecular weight excluding hydrogens is 507 g/mol. The molecule has 2 atom stereocenters. The first kappa shape index (κ1) is 25.7. The smallest absolute Gasteiger partial charge is 0.126 e. The van der Waals surface area contributed by atoms with E-state index in [-0.39, 0.29) is 16.2 Å². The highest BCUT2D eigenvalue weighted by molar-refractivity contribution is 8.10. The van der Waals surface area contributed by atoms with Gasteiger partial charge in [0.05, 0.1) is 13.9 Å². The van der Waals surface area contributed by atoms with E-state index >= 15 is 0 Å². The van der Waals surface area contributed by atoms with Crippen LogP contribution in [-0.2, 0) is 0 Å². The van der Waals surface area contributed by atoms with Crippen LogP contribution in [0.1, 0.15) is 66.5 Å². The summed E-state index contributed by atoms with van der Waals surface area (Å²) < 4.78 is 0.848. The van der Waals surface area contributed by atoms with E-state index in [1.165, 1.54) is 73.9 Å². The topological polar surface area (TPSA) is 0 Å². The zero-order valence-electron chi connectivity index (χ0n) is 23.4. The van der Waals surface area contributed by atoms with Gasteiger partial charge in [0.1, 0.15) is 0 Å². The maximum atomic E-state index is 6.77. The van der Waals surface area contributed by atoms with Crippen molar-refractivity contribution in [3.8, 4) is 0 Å². The van der Waals surface area contributed by atoms with Crippen molar-refractivity contribution >= 4 is 52.8 Å². The van der Waals surface area contributed by atoms with Gasteiger partial charge in [-0.3, -0.25) is 0 Å². The Bertz CT molecular complexity index is 1400. The van der Waals surface area contributed by atoms with Gasteiger partial charge in [0.25, 0.3) is 0 Å². The van der Waals surface area contributed by atoms with Crippen LogP contribution in [0.4, 0.5) is 0 Å². The zero-order valence-corrected chi connectivity index (χ0v) is 25.7. The molecule has 6 rings (SSSR count). The summed E-state index contributed by atoms with van der Waals surface area (Å²) in [5, 5.41) is 0. The molecule has 190 valence electrons. The lowest BCUT2D eigenvalue weighted by Gasteiger charge is -2.47. The van der Waals surface area contributed by atoms with Crippen LogP contribution >= 0.6 is 35.1 Å². The van der Waals surface area contributed by atoms with Crippen molar-refractivity contribution < 1.29 is 0 Å². The van der Waals surface area contributed by atoms with E-state index in [4.69, 9.17) is 11.6 Å². The van der Waals surface area contributed by atoms with Gasteiger partial charge in [-0.05, 0) is 108 Å². The first-order valence-corrected chi connectivity index (χ1v) is 15.6. The Morgan fingerprint density at radius 1 is 0.676 bits per heavy atom. The fraction of sp³-hybridized carbons (Fsp3) is 0.394. The molecule has 4 aliphatic rings. The third kappa shape index (κ3) is 3.67. The summed E-state index contributed by atoms with van der Waals surface area (Å²) >= 11 is 10.8. The van der Waals surface area contributed by atoms with Crippen LogP contribution in [0, 0.1) is 41.5 Å². The Morgan fingerprint density at radius 3 is 1.59 bits per heavy atom. The van der Waals surface area contributed by atoms with E-state index in [0.29, 0.717) is 0 Å². The van der Waals surface area contributed by atoms with Gasteiger partial charge in [0, 0.05) is 0 Å². The monoisotopic (exact) mass is 542 g/mol. The summed E-state index contributed by atoms with van der Waals surface area (Å²) in [6.45, 7) is 18.9. The molecule has 4 heteroatoms. The van der Waals surface area contributed by atoms with E-state index in [9.17, 15) is 0 Å². The van der Waals surface area contributed by atoms with Crippen LogP contribution in [0.3, 0.4) is 0 Å². The van der Waals surface area contributed by atoms with Crippen molar-refractivity contribution in [3.63, 3.8) is 0 Å². The van der Waals surface area contributed by atoms with Gasteiger partial charge >= 0.3 is 0 Å². The molecule has 0 spiro atoms. The molecule has 0 bridgehead atoms. The molecule has 0 aromatic heterocycles. The lowest BCUT2D eigenvalue weighted by molar-refractivity contribution is 0.607. The van der Waals surface area contributed by atoms with E-state index < -0.39 is 0 Å². The molecule has 1 saturated carbocycles. The molecule has 0 nitrogen and oxygen atoms in total. The summed E-state index contributed by atoms with van der Waals surface area (Å²) in [5.41, 5.74) is 17.5. The minimum Gasteiger partial charge on any atom is -0.126 e. The van der Waals surface area contributed by atoms with Gasteiger partial charge in [-0.15, -0.1) is 23.5 Å². The highest BCUT2D eigenvalue weighted by Crippen LogP contribution is 2.68. The molecule has 2 aliphatic heterocycles. The Labute approximate surface area is 237 Å². The summed E-state index contributed by atoms with van der Waals surface area (Å²) in [6.07, 6.45) is 8.53. The van der Waals surface area contributed by atoms with Crippen LogP contribution < -0.4 is 10.9 Å². The predicted octanol–water partition coefficient (Wildman–Crippen LogP) is 8.45. The first-order chi connectivity index (χ1) is 17.4. The number of halogens is 1. The fourth-order valence-electron chi connectivity index (χ4n) is 7.79. The van der Waals surface area contributed by atoms with Crippen LogP contribution in [0.2, 0.25) is 0 Å². The standard InChI is InChI=1S/C33H36BClS2/c1-18-12-20(3)30(21(4)13-18)34(31-22(5)14-19(2)15-23(31)6)28-16-26-24-10-9-11-25(24)27-17-29(35)37-33(27,8)32(26,7)36-28/h12-17H,9-11H2,1-8H3. The molecule has 2 aliphatic carbocycles. The summed E-state index contributed by atoms with van der Waals surface area (Å²) in [7, 11) is 0. The molecule has 1 fully saturated rings. The van der Waals surface area contributed by atoms with E-state index in [1.54, 1.807) is 16.7 Å². The SMILES string of the molecule is Cc1cc(C)c(B(C2=CC3=C4CCCC4=C4C=C(Cl)SC4(C)C3(C)S2)c2c(C)cc(C)cc2C)c(C)c1. The largest absolute Gasteiger partial charge is 0.250 e. The molecule has 2 aromatic carbocycles. The van der Waals surface area contributed by atoms with Gasteiger partial charge in [-0.25, -0.2) is 0 Å². The zero-order chi connectivity index (χ0) is 26.4. The molecule has 0 radical (unpaired) electrons. The molecule has 2 heterocycles. The van der Waals surface area contributed by atoms with Gasteiger partial charge < -0.3 is 0 Å². The number of benzene rings is 2. The fourth-order valence-corrected chi connectivity index (χ4v) is 11.4. The molecule has 0 saturated heterocycles. The van der Waals surface area contributed by atoms with Crippen molar-refractivity contribution in [1.29, 1.82) is 0 Å². The number of fused-ring (bicyclic) bond motifs is 4. The molecule has 2 unspecified atom stereocenters. The van der Waals surface area contributed by atoms with Gasteiger partial charge in [-0.1, -0.05) is 86.2 Å². The summed E-state index contributed by atoms with van der Waals surface area (Å²) in [5.74, 6) is 0. The predicted molar refractivity (Wildman–Crippen MR) is 168 cm³/mol. The first-order valence-electron chi connectivity index (χ1n) is 13.5. The number of rotatable bonds is 3. The second-order valence-electron chi connectivity index (χ2n) is 12.0. The normalized spacial score (nSPS) is 26.3. The highest BCUT2D eigenvalue weighted by atomic mass is 35.5. The Hall–Kier alpha value is -1.55. The highest BCUT2D eigenvalue weighted by Gasteiger charge is 2.60. The molecule has 37 heavy (non-hydrogen) atoms. The number of hydrogen-bond donors (Lipinski definition) is 0. The minimum absolute atomic E-state index is 0.0457. The lowest BCUT2D eigenvalue weighted by atomic mass is 9.37. The average molecular weight is 543 g/mol. The Kier molecular flexibility index (Phi) is 6.07. The van der Waals surface area contributed by atoms with Crippen molar-refractivity contribution in [1.82, 2.24) is 0 Å². The van der Waals surface area contributed by atoms with Gasteiger partial charge in [-0.2, -0.15) is 0 Å². The number of thioether (sulfide) groups is 2. The van der Waals surface area contributed by atoms with Crippen LogP contribution in [0.15, 0.2) is 67.9 Å². The molecule has 2 aromatic rings. The minimum atomic E-state index is -0.0508.